The predicted molar refractivity (Wildman–Crippen MR) is 89.3 cm³/mol. The Bertz CT molecular complexity index is 724. The van der Waals surface area contributed by atoms with Crippen molar-refractivity contribution in [3.05, 3.63) is 42.2 Å². The van der Waals surface area contributed by atoms with E-state index in [0.717, 1.165) is 31.6 Å². The monoisotopic (exact) mass is 350 g/mol. The number of aromatic nitrogens is 2. The Morgan fingerprint density at radius 2 is 2.20 bits per heavy atom. The number of nitrogens with one attached hydrogen (secondary N) is 2. The number of halogens is 2. The van der Waals surface area contributed by atoms with Gasteiger partial charge in [0, 0.05) is 12.8 Å². The van der Waals surface area contributed by atoms with Gasteiger partial charge in [0.05, 0.1) is 24.5 Å². The molecule has 1 aliphatic rings. The van der Waals surface area contributed by atoms with Crippen LogP contribution in [0.3, 0.4) is 0 Å². The van der Waals surface area contributed by atoms with Crippen molar-refractivity contribution in [2.45, 2.75) is 38.5 Å². The van der Waals surface area contributed by atoms with Gasteiger partial charge in [-0.15, -0.1) is 0 Å². The Morgan fingerprint density at radius 1 is 1.44 bits per heavy atom. The van der Waals surface area contributed by atoms with E-state index in [9.17, 15) is 13.6 Å². The number of para-hydroxylation sites is 1. The molecular weight excluding hydrogens is 330 g/mol. The number of amides is 1. The van der Waals surface area contributed by atoms with Crippen LogP contribution in [-0.2, 0) is 16.1 Å². The van der Waals surface area contributed by atoms with Crippen molar-refractivity contribution in [3.8, 4) is 0 Å². The molecule has 2 N–H and O–H groups in total. The molecule has 2 atom stereocenters. The average Bonchev–Trinajstić information content (AvgIpc) is 3.23. The first-order valence-corrected chi connectivity index (χ1v) is 8.18. The fourth-order valence-electron chi connectivity index (χ4n) is 2.70. The minimum atomic E-state index is -0.815. The van der Waals surface area contributed by atoms with Crippen LogP contribution in [0, 0.1) is 11.6 Å². The zero-order chi connectivity index (χ0) is 17.8. The molecular formula is C17H20F2N4O2. The van der Waals surface area contributed by atoms with Gasteiger partial charge in [0.15, 0.2) is 0 Å². The predicted octanol–water partition coefficient (Wildman–Crippen LogP) is 2.78. The molecule has 1 aromatic heterocycles. The van der Waals surface area contributed by atoms with Gasteiger partial charge >= 0.3 is 0 Å². The third-order valence-electron chi connectivity index (χ3n) is 4.04. The van der Waals surface area contributed by atoms with Gasteiger partial charge in [-0.25, -0.2) is 8.78 Å². The molecule has 0 aliphatic carbocycles. The third kappa shape index (κ3) is 4.33. The van der Waals surface area contributed by atoms with E-state index in [2.05, 4.69) is 15.7 Å². The van der Waals surface area contributed by atoms with Crippen molar-refractivity contribution < 1.29 is 18.3 Å². The summed E-state index contributed by atoms with van der Waals surface area (Å²) in [5.41, 5.74) is 0.199. The van der Waals surface area contributed by atoms with Crippen LogP contribution in [-0.4, -0.2) is 34.4 Å². The molecule has 1 aromatic carbocycles. The van der Waals surface area contributed by atoms with Crippen molar-refractivity contribution >= 4 is 17.3 Å². The highest BCUT2D eigenvalue weighted by atomic mass is 19.1. The second kappa shape index (κ2) is 7.60. The van der Waals surface area contributed by atoms with Crippen molar-refractivity contribution in [2.24, 2.45) is 0 Å². The number of carbonyl (C=O) groups is 1. The lowest BCUT2D eigenvalue weighted by Gasteiger charge is -2.14. The van der Waals surface area contributed by atoms with E-state index in [-0.39, 0.29) is 6.10 Å². The van der Waals surface area contributed by atoms with Crippen LogP contribution in [0.2, 0.25) is 0 Å². The third-order valence-corrected chi connectivity index (χ3v) is 4.04. The lowest BCUT2D eigenvalue weighted by molar-refractivity contribution is -0.116. The van der Waals surface area contributed by atoms with E-state index < -0.39 is 29.3 Å². The lowest BCUT2D eigenvalue weighted by atomic mass is 10.2. The van der Waals surface area contributed by atoms with Crippen LogP contribution in [0.25, 0.3) is 0 Å². The Kier molecular flexibility index (Phi) is 5.28. The maximum Gasteiger partial charge on any atom is 0.246 e. The number of nitrogens with zero attached hydrogens (tertiary/aromatic N) is 2. The van der Waals surface area contributed by atoms with Crippen LogP contribution in [0.1, 0.15) is 19.8 Å². The molecule has 0 bridgehead atoms. The van der Waals surface area contributed by atoms with Gasteiger partial charge in [-0.1, -0.05) is 6.07 Å². The van der Waals surface area contributed by atoms with Crippen molar-refractivity contribution in [2.75, 3.05) is 17.2 Å². The molecule has 1 amide bonds. The van der Waals surface area contributed by atoms with Crippen LogP contribution < -0.4 is 10.6 Å². The van der Waals surface area contributed by atoms with Crippen LogP contribution in [0.5, 0.6) is 0 Å². The van der Waals surface area contributed by atoms with Gasteiger partial charge in [0.1, 0.15) is 23.4 Å². The smallest absolute Gasteiger partial charge is 0.246 e. The average molecular weight is 350 g/mol. The number of hydrogen-bond acceptors (Lipinski definition) is 4. The standard InChI is InChI=1S/C17H20F2N4O2/c1-11(17(24)22-16-14(18)5-2-6-15(16)19)21-12-8-20-23(9-12)10-13-4-3-7-25-13/h2,5-6,8-9,11,13,21H,3-4,7,10H2,1H3,(H,22,24). The van der Waals surface area contributed by atoms with Crippen molar-refractivity contribution in [3.63, 3.8) is 0 Å². The topological polar surface area (TPSA) is 68.2 Å². The number of carbonyl (C=O) groups excluding carboxylic acids is 1. The summed E-state index contributed by atoms with van der Waals surface area (Å²) < 4.78 is 34.5. The molecule has 2 unspecified atom stereocenters. The molecule has 2 heterocycles. The van der Waals surface area contributed by atoms with Gasteiger partial charge in [-0.3, -0.25) is 9.48 Å². The Labute approximate surface area is 144 Å². The van der Waals surface area contributed by atoms with Gasteiger partial charge < -0.3 is 15.4 Å². The summed E-state index contributed by atoms with van der Waals surface area (Å²) in [7, 11) is 0. The summed E-state index contributed by atoms with van der Waals surface area (Å²) in [4.78, 5) is 12.2. The van der Waals surface area contributed by atoms with Crippen LogP contribution in [0.15, 0.2) is 30.6 Å². The van der Waals surface area contributed by atoms with Crippen LogP contribution >= 0.6 is 0 Å². The summed E-state index contributed by atoms with van der Waals surface area (Å²) in [6, 6.07) is 2.72. The van der Waals surface area contributed by atoms with Crippen molar-refractivity contribution in [1.82, 2.24) is 9.78 Å². The first kappa shape index (κ1) is 17.3. The zero-order valence-electron chi connectivity index (χ0n) is 13.8. The number of anilines is 2. The summed E-state index contributed by atoms with van der Waals surface area (Å²) >= 11 is 0. The normalized spacial score (nSPS) is 18.1. The number of benzene rings is 1. The molecule has 0 spiro atoms. The van der Waals surface area contributed by atoms with E-state index in [1.54, 1.807) is 24.0 Å². The molecule has 1 fully saturated rings. The Balaban J connectivity index is 1.57. The quantitative estimate of drug-likeness (QED) is 0.841. The minimum Gasteiger partial charge on any atom is -0.376 e. The van der Waals surface area contributed by atoms with Gasteiger partial charge in [-0.2, -0.15) is 5.10 Å². The Hall–Kier alpha value is -2.48. The maximum atomic E-state index is 13.6. The molecule has 6 nitrogen and oxygen atoms in total. The summed E-state index contributed by atoms with van der Waals surface area (Å²) in [5.74, 6) is -2.18. The number of rotatable bonds is 6. The highest BCUT2D eigenvalue weighted by Crippen LogP contribution is 2.19. The molecule has 134 valence electrons. The summed E-state index contributed by atoms with van der Waals surface area (Å²) in [6.45, 7) is 3.04. The first-order chi connectivity index (χ1) is 12.0. The fraction of sp³-hybridized carbons (Fsp3) is 0.412. The minimum absolute atomic E-state index is 0.164. The first-order valence-electron chi connectivity index (χ1n) is 8.18. The van der Waals surface area contributed by atoms with Gasteiger partial charge in [0.25, 0.3) is 0 Å². The molecule has 3 rings (SSSR count). The summed E-state index contributed by atoms with van der Waals surface area (Å²) in [5, 5.41) is 9.46. The number of ether oxygens (including phenoxy) is 1. The van der Waals surface area contributed by atoms with E-state index in [0.29, 0.717) is 12.2 Å². The largest absolute Gasteiger partial charge is 0.376 e. The SMILES string of the molecule is CC(Nc1cnn(CC2CCCO2)c1)C(=O)Nc1c(F)cccc1F. The van der Waals surface area contributed by atoms with Gasteiger partial charge in [0.2, 0.25) is 5.91 Å². The van der Waals surface area contributed by atoms with E-state index in [1.165, 1.54) is 6.07 Å². The second-order valence-electron chi connectivity index (χ2n) is 6.04. The van der Waals surface area contributed by atoms with Gasteiger partial charge in [-0.05, 0) is 31.9 Å². The van der Waals surface area contributed by atoms with Crippen molar-refractivity contribution in [1.29, 1.82) is 0 Å². The fourth-order valence-corrected chi connectivity index (χ4v) is 2.70. The lowest BCUT2D eigenvalue weighted by Crippen LogP contribution is -2.32. The summed E-state index contributed by atoms with van der Waals surface area (Å²) in [6.07, 6.45) is 5.60. The highest BCUT2D eigenvalue weighted by Gasteiger charge is 2.19. The molecule has 8 heteroatoms. The second-order valence-corrected chi connectivity index (χ2v) is 6.04. The van der Waals surface area contributed by atoms with E-state index in [4.69, 9.17) is 4.74 Å². The molecule has 1 saturated heterocycles. The molecule has 2 aromatic rings. The molecule has 25 heavy (non-hydrogen) atoms. The van der Waals surface area contributed by atoms with Crippen LogP contribution in [0.4, 0.5) is 20.2 Å². The van der Waals surface area contributed by atoms with E-state index >= 15 is 0 Å². The Morgan fingerprint density at radius 3 is 2.88 bits per heavy atom. The highest BCUT2D eigenvalue weighted by molar-refractivity contribution is 5.96. The number of hydrogen-bond donors (Lipinski definition) is 2. The molecule has 0 saturated carbocycles. The maximum absolute atomic E-state index is 13.6. The molecule has 1 aliphatic heterocycles. The van der Waals surface area contributed by atoms with E-state index in [1.807, 2.05) is 0 Å². The zero-order valence-corrected chi connectivity index (χ0v) is 13.8. The molecule has 0 radical (unpaired) electrons.